The van der Waals surface area contributed by atoms with Gasteiger partial charge in [-0.3, -0.25) is 9.59 Å². The molecule has 0 bridgehead atoms. The Kier molecular flexibility index (Phi) is 17.3. The molecule has 8 aromatic rings. The van der Waals surface area contributed by atoms with E-state index in [0.717, 1.165) is 22.3 Å². The van der Waals surface area contributed by atoms with E-state index in [0.29, 0.717) is 86.2 Å². The molecule has 8 aromatic carbocycles. The second-order valence-corrected chi connectivity index (χ2v) is 20.4. The summed E-state index contributed by atoms with van der Waals surface area (Å²) in [7, 11) is 14.2. The molecule has 2 aliphatic rings. The molecule has 0 saturated carbocycles. The van der Waals surface area contributed by atoms with Crippen LogP contribution in [0, 0.1) is 11.8 Å². The van der Waals surface area contributed by atoms with Crippen LogP contribution in [-0.2, 0) is 11.2 Å². The van der Waals surface area contributed by atoms with E-state index in [9.17, 15) is 15.0 Å². The van der Waals surface area contributed by atoms with Crippen molar-refractivity contribution in [2.24, 2.45) is 11.8 Å². The van der Waals surface area contributed by atoms with Gasteiger partial charge in [0.1, 0.15) is 75.1 Å². The Labute approximate surface area is 488 Å². The number of hydrogen-bond acceptors (Lipinski definition) is 15. The van der Waals surface area contributed by atoms with Crippen molar-refractivity contribution in [3.63, 3.8) is 0 Å². The van der Waals surface area contributed by atoms with Crippen LogP contribution in [0.1, 0.15) is 95.4 Å². The van der Waals surface area contributed by atoms with Crippen molar-refractivity contribution < 1.29 is 71.9 Å². The molecule has 0 unspecified atom stereocenters. The molecule has 0 aliphatic carbocycles. The van der Waals surface area contributed by atoms with Gasteiger partial charge in [-0.15, -0.1) is 0 Å². The lowest BCUT2D eigenvalue weighted by atomic mass is 9.71. The number of fused-ring (bicyclic) bond motifs is 1. The van der Waals surface area contributed by atoms with Crippen molar-refractivity contribution in [2.75, 3.05) is 64.0 Å². The lowest BCUT2D eigenvalue weighted by molar-refractivity contribution is 0.0253. The van der Waals surface area contributed by atoms with Crippen LogP contribution in [0.2, 0.25) is 0 Å². The first-order valence-electron chi connectivity index (χ1n) is 27.2. The molecule has 10 rings (SSSR count). The number of phenolic OH excluding ortho intramolecular Hbond substituents is 2. The molecule has 2 heterocycles. The minimum Gasteiger partial charge on any atom is -0.507 e. The van der Waals surface area contributed by atoms with Gasteiger partial charge in [0, 0.05) is 64.3 Å². The van der Waals surface area contributed by atoms with Crippen LogP contribution >= 0.6 is 0 Å². The van der Waals surface area contributed by atoms with E-state index in [2.05, 4.69) is 0 Å². The van der Waals surface area contributed by atoms with Gasteiger partial charge in [-0.25, -0.2) is 0 Å². The van der Waals surface area contributed by atoms with Crippen LogP contribution in [-0.4, -0.2) is 85.8 Å². The predicted octanol–water partition coefficient (Wildman–Crippen LogP) is 13.3. The van der Waals surface area contributed by atoms with Gasteiger partial charge in [-0.05, 0) is 120 Å². The molecule has 0 radical (unpaired) electrons. The third kappa shape index (κ3) is 11.5. The second-order valence-electron chi connectivity index (χ2n) is 20.4. The first kappa shape index (κ1) is 57.6. The molecule has 0 spiro atoms. The molecule has 432 valence electrons. The van der Waals surface area contributed by atoms with Gasteiger partial charge in [0.25, 0.3) is 0 Å². The molecule has 2 aliphatic heterocycles. The first-order valence-corrected chi connectivity index (χ1v) is 27.2. The Morgan fingerprint density at radius 2 is 0.988 bits per heavy atom. The summed E-state index contributed by atoms with van der Waals surface area (Å²) in [6.07, 6.45) is 1.12. The molecule has 15 heteroatoms. The first-order chi connectivity index (χ1) is 40.8. The average molecular weight is 1140 g/mol. The largest absolute Gasteiger partial charge is 0.507 e. The molecular weight excluding hydrogens is 1070 g/mol. The Balaban J connectivity index is 1.20. The highest BCUT2D eigenvalue weighted by Crippen LogP contribution is 2.60. The van der Waals surface area contributed by atoms with Crippen molar-refractivity contribution in [3.8, 4) is 69.0 Å². The SMILES string of the molecule is COc1ccc(C[C@H]2[C@H](C(=O)c3ccc(OC)cc3O)[C@@H](c3ccc(OC)cc3)O[C@H]2c2cc([C@@H](c3ccc(OC)cc3OC)[C@@H]3c4cc(C=CC(=O)c5ccc(OC)cc5O)ccc4O[C@H]3c3ccc(OC)cc3)c(OC)cc2OC)cc1. The van der Waals surface area contributed by atoms with Crippen LogP contribution in [0.5, 0.6) is 69.0 Å². The van der Waals surface area contributed by atoms with Gasteiger partial charge >= 0.3 is 0 Å². The number of carbonyl (C=O) groups excluding carboxylic acids is 2. The molecular formula is C69H66O15. The predicted molar refractivity (Wildman–Crippen MR) is 317 cm³/mol. The van der Waals surface area contributed by atoms with Gasteiger partial charge in [0.2, 0.25) is 0 Å². The molecule has 0 amide bonds. The highest BCUT2D eigenvalue weighted by molar-refractivity contribution is 6.08. The van der Waals surface area contributed by atoms with Gasteiger partial charge in [-0.2, -0.15) is 0 Å². The van der Waals surface area contributed by atoms with E-state index >= 15 is 4.79 Å². The number of phenols is 2. The number of ketones is 2. The Bertz CT molecular complexity index is 3690. The van der Waals surface area contributed by atoms with Crippen molar-refractivity contribution in [3.05, 3.63) is 219 Å². The number of methoxy groups -OCH3 is 9. The molecule has 15 nitrogen and oxygen atoms in total. The van der Waals surface area contributed by atoms with Crippen LogP contribution < -0.4 is 47.4 Å². The lowest BCUT2D eigenvalue weighted by Crippen LogP contribution is -2.27. The zero-order chi connectivity index (χ0) is 59.2. The standard InChI is InChI=1S/C69H66O15/c1-74-43-18-10-39(11-19-43)33-55-65(66(73)50-28-25-47(78-5)35-58(50)72)68(42-16-22-45(76-3)23-17-42)84-69(55)54-37-53(61(81-8)38-62(54)82-9)63(51-29-26-48(79-6)36-60(51)80-7)64-52-32-40(12-30-56(70)49-27-24-46(77-4)34-57(49)71)13-31-59(52)83-67(64)41-14-20-44(75-2)21-15-41/h10-32,34-38,55,63-65,67-69,71-72H,33H2,1-9H3/t55-,63+,64-,65+,67-,68+,69-/m0/s1. The summed E-state index contributed by atoms with van der Waals surface area (Å²) in [4.78, 5) is 29.4. The summed E-state index contributed by atoms with van der Waals surface area (Å²) < 4.78 is 67.0. The van der Waals surface area contributed by atoms with Crippen molar-refractivity contribution >= 4 is 17.6 Å². The van der Waals surface area contributed by atoms with Crippen molar-refractivity contribution in [1.82, 2.24) is 0 Å². The molecule has 1 saturated heterocycles. The summed E-state index contributed by atoms with van der Waals surface area (Å²) in [6, 6.07) is 47.6. The molecule has 2 N–H and O–H groups in total. The fourth-order valence-corrected chi connectivity index (χ4v) is 11.8. The summed E-state index contributed by atoms with van der Waals surface area (Å²) >= 11 is 0. The topological polar surface area (TPSA) is 176 Å². The number of carbonyl (C=O) groups is 2. The fourth-order valence-electron chi connectivity index (χ4n) is 11.8. The monoisotopic (exact) mass is 1130 g/mol. The normalized spacial score (nSPS) is 18.2. The lowest BCUT2D eigenvalue weighted by Gasteiger charge is -2.33. The van der Waals surface area contributed by atoms with Crippen molar-refractivity contribution in [1.29, 1.82) is 0 Å². The molecule has 7 atom stereocenters. The summed E-state index contributed by atoms with van der Waals surface area (Å²) in [6.45, 7) is 0. The molecule has 0 aromatic heterocycles. The highest BCUT2D eigenvalue weighted by atomic mass is 16.5. The quantitative estimate of drug-likeness (QED) is 0.0484. The maximum absolute atomic E-state index is 15.7. The smallest absolute Gasteiger partial charge is 0.189 e. The number of ether oxygens (including phenoxy) is 11. The zero-order valence-corrected chi connectivity index (χ0v) is 48.1. The minimum atomic E-state index is -0.890. The Morgan fingerprint density at radius 1 is 0.476 bits per heavy atom. The van der Waals surface area contributed by atoms with Crippen molar-refractivity contribution in [2.45, 2.75) is 36.6 Å². The van der Waals surface area contributed by atoms with E-state index in [1.54, 1.807) is 74.0 Å². The van der Waals surface area contributed by atoms with E-state index in [1.165, 1.54) is 38.5 Å². The number of benzene rings is 8. The van der Waals surface area contributed by atoms with Gasteiger partial charge in [0.05, 0.1) is 93.2 Å². The third-order valence-corrected chi connectivity index (χ3v) is 16.0. The van der Waals surface area contributed by atoms with Crippen LogP contribution in [0.4, 0.5) is 0 Å². The number of Topliss-reactive ketones (excluding diaryl/α,β-unsaturated/α-hetero) is 1. The van der Waals surface area contributed by atoms with Crippen LogP contribution in [0.3, 0.4) is 0 Å². The van der Waals surface area contributed by atoms with E-state index in [4.69, 9.17) is 52.1 Å². The third-order valence-electron chi connectivity index (χ3n) is 16.0. The number of allylic oxidation sites excluding steroid dienone is 1. The summed E-state index contributed by atoms with van der Waals surface area (Å²) in [5.41, 5.74) is 6.24. The number of hydrogen-bond donors (Lipinski definition) is 2. The number of rotatable bonds is 22. The number of aromatic hydroxyl groups is 2. The van der Waals surface area contributed by atoms with E-state index < -0.39 is 47.8 Å². The summed E-state index contributed by atoms with van der Waals surface area (Å²) in [5.74, 6) is 1.42. The summed E-state index contributed by atoms with van der Waals surface area (Å²) in [5, 5.41) is 22.4. The zero-order valence-electron chi connectivity index (χ0n) is 48.1. The van der Waals surface area contributed by atoms with Gasteiger partial charge < -0.3 is 62.3 Å². The molecule has 1 fully saturated rings. The maximum Gasteiger partial charge on any atom is 0.189 e. The molecule has 84 heavy (non-hydrogen) atoms. The van der Waals surface area contributed by atoms with Crippen LogP contribution in [0.25, 0.3) is 6.08 Å². The highest BCUT2D eigenvalue weighted by Gasteiger charge is 2.52. The van der Waals surface area contributed by atoms with E-state index in [1.807, 2.05) is 121 Å². The second kappa shape index (κ2) is 25.3. The maximum atomic E-state index is 15.7. The minimum absolute atomic E-state index is 0.110. The fraction of sp³-hybridized carbons (Fsp3) is 0.246. The van der Waals surface area contributed by atoms with Gasteiger partial charge in [-0.1, -0.05) is 54.6 Å². The Morgan fingerprint density at radius 3 is 1.55 bits per heavy atom. The van der Waals surface area contributed by atoms with E-state index in [-0.39, 0.29) is 28.4 Å². The average Bonchev–Trinajstić information content (AvgIpc) is 4.22. The van der Waals surface area contributed by atoms with Crippen LogP contribution in [0.15, 0.2) is 164 Å². The van der Waals surface area contributed by atoms with Gasteiger partial charge in [0.15, 0.2) is 11.6 Å². The Hall–Kier alpha value is -9.60.